The summed E-state index contributed by atoms with van der Waals surface area (Å²) in [5.74, 6) is 0.801. The number of nitrogens with zero attached hydrogens (tertiary/aromatic N) is 4. The van der Waals surface area contributed by atoms with E-state index in [1.165, 1.54) is 25.1 Å². The summed E-state index contributed by atoms with van der Waals surface area (Å²) >= 11 is 7.21. The number of rotatable bonds is 8. The van der Waals surface area contributed by atoms with Crippen LogP contribution in [0, 0.1) is 0 Å². The average molecular weight is 446 g/mol. The van der Waals surface area contributed by atoms with Crippen LogP contribution in [-0.4, -0.2) is 44.9 Å². The first-order valence-electron chi connectivity index (χ1n) is 9.03. The van der Waals surface area contributed by atoms with Crippen molar-refractivity contribution >= 4 is 35.5 Å². The second-order valence-electron chi connectivity index (χ2n) is 6.04. The lowest BCUT2D eigenvalue weighted by Crippen LogP contribution is -2.20. The number of ether oxygens (including phenoxy) is 1. The fourth-order valence-corrected chi connectivity index (χ4v) is 3.56. The molecule has 2 aromatic carbocycles. The normalized spacial score (nSPS) is 11.0. The van der Waals surface area contributed by atoms with E-state index >= 15 is 0 Å². The van der Waals surface area contributed by atoms with Gasteiger partial charge in [0, 0.05) is 22.7 Å². The van der Waals surface area contributed by atoms with Crippen LogP contribution in [0.5, 0.6) is 11.5 Å². The zero-order valence-corrected chi connectivity index (χ0v) is 17.9. The number of hydrogen-bond acceptors (Lipinski definition) is 7. The lowest BCUT2D eigenvalue weighted by Gasteiger charge is -2.07. The number of nitrogens with one attached hydrogen (secondary N) is 1. The Morgan fingerprint density at radius 2 is 2.07 bits per heavy atom. The molecule has 0 unspecified atom stereocenters. The Hall–Kier alpha value is -3.04. The molecule has 30 heavy (non-hydrogen) atoms. The number of carbonyl (C=O) groups excluding carboxylic acids is 1. The van der Waals surface area contributed by atoms with Gasteiger partial charge < -0.3 is 14.4 Å². The number of hydrazone groups is 1. The molecular weight excluding hydrogens is 426 g/mol. The summed E-state index contributed by atoms with van der Waals surface area (Å²) in [5.41, 5.74) is 3.76. The minimum absolute atomic E-state index is 0.0434. The summed E-state index contributed by atoms with van der Waals surface area (Å²) < 4.78 is 6.97. The third-order valence-electron chi connectivity index (χ3n) is 4.11. The molecule has 0 spiro atoms. The standard InChI is InChI=1S/C20H20ClN5O3S/c1-3-26-19(13-7-9-15(21)10-8-13)24-25-20(26)30-12-17(27)23-22-11-14-5-4-6-16(29-2)18(14)28/h4-11,28H,3,12H2,1-2H3,(H,23,27). The van der Waals surface area contributed by atoms with Crippen LogP contribution >= 0.6 is 23.4 Å². The highest BCUT2D eigenvalue weighted by atomic mass is 35.5. The summed E-state index contributed by atoms with van der Waals surface area (Å²) in [5, 5.41) is 23.6. The highest BCUT2D eigenvalue weighted by Crippen LogP contribution is 2.28. The van der Waals surface area contributed by atoms with Gasteiger partial charge in [-0.3, -0.25) is 4.79 Å². The molecule has 156 valence electrons. The Balaban J connectivity index is 1.60. The minimum Gasteiger partial charge on any atom is -0.504 e. The van der Waals surface area contributed by atoms with Crippen LogP contribution in [-0.2, 0) is 11.3 Å². The van der Waals surface area contributed by atoms with E-state index in [2.05, 4.69) is 20.7 Å². The highest BCUT2D eigenvalue weighted by molar-refractivity contribution is 7.99. The van der Waals surface area contributed by atoms with E-state index in [1.807, 2.05) is 23.6 Å². The molecule has 0 aliphatic rings. The highest BCUT2D eigenvalue weighted by Gasteiger charge is 2.14. The zero-order valence-electron chi connectivity index (χ0n) is 16.4. The molecule has 0 aliphatic heterocycles. The molecule has 0 saturated heterocycles. The van der Waals surface area contributed by atoms with Crippen molar-refractivity contribution in [2.75, 3.05) is 12.9 Å². The van der Waals surface area contributed by atoms with Gasteiger partial charge >= 0.3 is 0 Å². The number of thioether (sulfide) groups is 1. The maximum atomic E-state index is 12.1. The first-order chi connectivity index (χ1) is 14.5. The number of benzene rings is 2. The molecule has 0 radical (unpaired) electrons. The van der Waals surface area contributed by atoms with Gasteiger partial charge in [-0.2, -0.15) is 5.10 Å². The molecule has 0 fully saturated rings. The van der Waals surface area contributed by atoms with Crippen molar-refractivity contribution in [1.82, 2.24) is 20.2 Å². The topological polar surface area (TPSA) is 102 Å². The molecule has 0 saturated carbocycles. The van der Waals surface area contributed by atoms with Gasteiger partial charge in [0.25, 0.3) is 5.91 Å². The van der Waals surface area contributed by atoms with Gasteiger partial charge in [0.05, 0.1) is 19.1 Å². The number of phenols is 1. The van der Waals surface area contributed by atoms with Crippen LogP contribution in [0.25, 0.3) is 11.4 Å². The smallest absolute Gasteiger partial charge is 0.250 e. The van der Waals surface area contributed by atoms with Crippen LogP contribution in [0.2, 0.25) is 5.02 Å². The molecule has 3 aromatic rings. The summed E-state index contributed by atoms with van der Waals surface area (Å²) in [4.78, 5) is 12.1. The third-order valence-corrected chi connectivity index (χ3v) is 5.33. The van der Waals surface area contributed by atoms with Crippen LogP contribution < -0.4 is 10.2 Å². The molecule has 1 amide bonds. The van der Waals surface area contributed by atoms with E-state index in [4.69, 9.17) is 16.3 Å². The van der Waals surface area contributed by atoms with E-state index in [9.17, 15) is 9.90 Å². The van der Waals surface area contributed by atoms with Gasteiger partial charge in [0.1, 0.15) is 0 Å². The summed E-state index contributed by atoms with van der Waals surface area (Å²) in [7, 11) is 1.46. The SMILES string of the molecule is CCn1c(SCC(=O)NN=Cc2cccc(OC)c2O)nnc1-c1ccc(Cl)cc1. The molecule has 10 heteroatoms. The quantitative estimate of drug-likeness (QED) is 0.312. The van der Waals surface area contributed by atoms with Gasteiger partial charge in [0.2, 0.25) is 0 Å². The van der Waals surface area contributed by atoms with Crippen molar-refractivity contribution in [2.24, 2.45) is 5.10 Å². The Kier molecular flexibility index (Phi) is 7.31. The second kappa shape index (κ2) is 10.1. The predicted molar refractivity (Wildman–Crippen MR) is 117 cm³/mol. The average Bonchev–Trinajstić information content (AvgIpc) is 3.17. The predicted octanol–water partition coefficient (Wildman–Crippen LogP) is 3.58. The number of carbonyl (C=O) groups is 1. The number of amides is 1. The van der Waals surface area contributed by atoms with Crippen LogP contribution in [0.3, 0.4) is 0 Å². The zero-order chi connectivity index (χ0) is 21.5. The fourth-order valence-electron chi connectivity index (χ4n) is 2.64. The Labute approximate surface area is 182 Å². The lowest BCUT2D eigenvalue weighted by atomic mass is 10.2. The van der Waals surface area contributed by atoms with E-state index in [0.29, 0.717) is 33.9 Å². The van der Waals surface area contributed by atoms with Gasteiger partial charge in [-0.15, -0.1) is 10.2 Å². The Morgan fingerprint density at radius 1 is 1.30 bits per heavy atom. The number of aromatic nitrogens is 3. The molecule has 0 bridgehead atoms. The first-order valence-corrected chi connectivity index (χ1v) is 10.4. The van der Waals surface area contributed by atoms with Crippen molar-refractivity contribution in [1.29, 1.82) is 0 Å². The largest absolute Gasteiger partial charge is 0.504 e. The number of aromatic hydroxyl groups is 1. The van der Waals surface area contributed by atoms with Crippen molar-refractivity contribution in [3.05, 3.63) is 53.1 Å². The van der Waals surface area contributed by atoms with Crippen LogP contribution in [0.15, 0.2) is 52.7 Å². The maximum Gasteiger partial charge on any atom is 0.250 e. The van der Waals surface area contributed by atoms with Gasteiger partial charge in [0.15, 0.2) is 22.5 Å². The lowest BCUT2D eigenvalue weighted by molar-refractivity contribution is -0.118. The maximum absolute atomic E-state index is 12.1. The van der Waals surface area contributed by atoms with Crippen molar-refractivity contribution in [2.45, 2.75) is 18.6 Å². The van der Waals surface area contributed by atoms with Crippen molar-refractivity contribution in [3.8, 4) is 22.9 Å². The molecular formula is C20H20ClN5O3S. The van der Waals surface area contributed by atoms with Crippen molar-refractivity contribution in [3.63, 3.8) is 0 Å². The van der Waals surface area contributed by atoms with E-state index < -0.39 is 0 Å². The van der Waals surface area contributed by atoms with Crippen LogP contribution in [0.1, 0.15) is 12.5 Å². The van der Waals surface area contributed by atoms with Crippen LogP contribution in [0.4, 0.5) is 0 Å². The third kappa shape index (κ3) is 5.11. The first kappa shape index (κ1) is 21.7. The molecule has 1 heterocycles. The fraction of sp³-hybridized carbons (Fsp3) is 0.200. The summed E-state index contributed by atoms with van der Waals surface area (Å²) in [6.07, 6.45) is 1.35. The summed E-state index contributed by atoms with van der Waals surface area (Å²) in [6.45, 7) is 2.64. The molecule has 3 rings (SSSR count). The number of hydrogen-bond donors (Lipinski definition) is 2. The van der Waals surface area contributed by atoms with Gasteiger partial charge in [-0.1, -0.05) is 29.4 Å². The number of phenolic OH excluding ortho intramolecular Hbond substituents is 1. The van der Waals surface area contributed by atoms with Crippen molar-refractivity contribution < 1.29 is 14.6 Å². The van der Waals surface area contributed by atoms with Gasteiger partial charge in [-0.05, 0) is 43.3 Å². The monoisotopic (exact) mass is 445 g/mol. The number of para-hydroxylation sites is 1. The second-order valence-corrected chi connectivity index (χ2v) is 7.42. The molecule has 0 aliphatic carbocycles. The summed E-state index contributed by atoms with van der Waals surface area (Å²) in [6, 6.07) is 12.3. The molecule has 8 nitrogen and oxygen atoms in total. The Morgan fingerprint density at radius 3 is 2.77 bits per heavy atom. The molecule has 1 aromatic heterocycles. The van der Waals surface area contributed by atoms with E-state index in [0.717, 1.165) is 5.56 Å². The number of halogens is 1. The van der Waals surface area contributed by atoms with E-state index in [1.54, 1.807) is 30.3 Å². The molecule has 2 N–H and O–H groups in total. The van der Waals surface area contributed by atoms with E-state index in [-0.39, 0.29) is 17.4 Å². The molecule has 0 atom stereocenters. The Bertz CT molecular complexity index is 1050. The minimum atomic E-state index is -0.308. The van der Waals surface area contributed by atoms with Gasteiger partial charge in [-0.25, -0.2) is 5.43 Å². The number of methoxy groups -OCH3 is 1.